The SMILES string of the molecule is NC(=O)C(F)(F)F.[O-][S+](c1ccccc1)c1ncc[nH]1. The van der Waals surface area contributed by atoms with Crippen LogP contribution >= 0.6 is 0 Å². The molecule has 1 aromatic carbocycles. The van der Waals surface area contributed by atoms with E-state index < -0.39 is 23.3 Å². The lowest BCUT2D eigenvalue weighted by Gasteiger charge is -2.04. The highest BCUT2D eigenvalue weighted by atomic mass is 32.2. The molecule has 20 heavy (non-hydrogen) atoms. The highest BCUT2D eigenvalue weighted by molar-refractivity contribution is 7.91. The number of carbonyl (C=O) groups excluding carboxylic acids is 1. The Morgan fingerprint density at radius 1 is 1.30 bits per heavy atom. The summed E-state index contributed by atoms with van der Waals surface area (Å²) < 4.78 is 43.8. The molecule has 5 nitrogen and oxygen atoms in total. The van der Waals surface area contributed by atoms with E-state index in [9.17, 15) is 17.7 Å². The van der Waals surface area contributed by atoms with E-state index in [4.69, 9.17) is 4.79 Å². The number of imidazole rings is 1. The first kappa shape index (κ1) is 16.1. The molecule has 0 saturated heterocycles. The van der Waals surface area contributed by atoms with Crippen LogP contribution in [0.25, 0.3) is 0 Å². The molecule has 0 fully saturated rings. The van der Waals surface area contributed by atoms with Crippen LogP contribution in [0.4, 0.5) is 13.2 Å². The molecule has 0 radical (unpaired) electrons. The standard InChI is InChI=1S/C9H8N2OS.C2H2F3NO/c12-13(9-10-6-7-11-9)8-4-2-1-3-5-8;3-2(4,5)1(6)7/h1-7H,(H,10,11);(H2,6,7). The fraction of sp³-hybridized carbons (Fsp3) is 0.0909. The number of H-pyrrole nitrogens is 1. The zero-order valence-corrected chi connectivity index (χ0v) is 10.7. The molecule has 0 bridgehead atoms. The quantitative estimate of drug-likeness (QED) is 0.825. The number of nitrogens with zero attached hydrogens (tertiary/aromatic N) is 1. The molecule has 2 rings (SSSR count). The van der Waals surface area contributed by atoms with Gasteiger partial charge in [-0.3, -0.25) is 4.79 Å². The molecule has 108 valence electrons. The monoisotopic (exact) mass is 305 g/mol. The molecule has 1 aromatic heterocycles. The molecule has 2 aromatic rings. The Morgan fingerprint density at radius 3 is 2.25 bits per heavy atom. The van der Waals surface area contributed by atoms with E-state index in [2.05, 4.69) is 15.7 Å². The summed E-state index contributed by atoms with van der Waals surface area (Å²) in [5.74, 6) is -2.26. The van der Waals surface area contributed by atoms with Crippen molar-refractivity contribution < 1.29 is 22.5 Å². The Morgan fingerprint density at radius 2 is 1.85 bits per heavy atom. The van der Waals surface area contributed by atoms with Crippen LogP contribution < -0.4 is 5.73 Å². The second kappa shape index (κ2) is 6.96. The van der Waals surface area contributed by atoms with Crippen molar-refractivity contribution in [2.24, 2.45) is 5.73 Å². The summed E-state index contributed by atoms with van der Waals surface area (Å²) in [5.41, 5.74) is 3.81. The number of benzene rings is 1. The molecule has 1 amide bonds. The summed E-state index contributed by atoms with van der Waals surface area (Å²) in [6.07, 6.45) is -1.60. The summed E-state index contributed by atoms with van der Waals surface area (Å²) in [4.78, 5) is 16.6. The number of halogens is 3. The van der Waals surface area contributed by atoms with Crippen molar-refractivity contribution in [3.63, 3.8) is 0 Å². The summed E-state index contributed by atoms with van der Waals surface area (Å²) in [6.45, 7) is 0. The minimum atomic E-state index is -4.86. The Balaban J connectivity index is 0.000000246. The van der Waals surface area contributed by atoms with Gasteiger partial charge in [0.2, 0.25) is 0 Å². The van der Waals surface area contributed by atoms with E-state index in [1.54, 1.807) is 12.4 Å². The lowest BCUT2D eigenvalue weighted by Crippen LogP contribution is -2.30. The zero-order chi connectivity index (χ0) is 15.2. The van der Waals surface area contributed by atoms with Crippen LogP contribution in [0.5, 0.6) is 0 Å². The first-order valence-corrected chi connectivity index (χ1v) is 6.30. The van der Waals surface area contributed by atoms with Gasteiger partial charge in [-0.05, 0) is 12.1 Å². The molecular weight excluding hydrogens is 295 g/mol. The number of primary amides is 1. The van der Waals surface area contributed by atoms with Gasteiger partial charge in [0.15, 0.2) is 4.90 Å². The molecule has 0 aliphatic rings. The molecule has 9 heteroatoms. The summed E-state index contributed by atoms with van der Waals surface area (Å²) in [6, 6.07) is 9.24. The van der Waals surface area contributed by atoms with Gasteiger partial charge in [0, 0.05) is 12.4 Å². The molecule has 0 spiro atoms. The number of rotatable bonds is 2. The average molecular weight is 305 g/mol. The van der Waals surface area contributed by atoms with Gasteiger partial charge in [0.25, 0.3) is 0 Å². The predicted molar refractivity (Wildman–Crippen MR) is 65.0 cm³/mol. The van der Waals surface area contributed by atoms with Crippen molar-refractivity contribution in [1.29, 1.82) is 0 Å². The summed E-state index contributed by atoms with van der Waals surface area (Å²) in [7, 11) is 0. The van der Waals surface area contributed by atoms with E-state index in [1.165, 1.54) is 0 Å². The lowest BCUT2D eigenvalue weighted by molar-refractivity contribution is -0.169. The van der Waals surface area contributed by atoms with Gasteiger partial charge in [-0.15, -0.1) is 0 Å². The molecule has 1 heterocycles. The average Bonchev–Trinajstić information content (AvgIpc) is 2.92. The lowest BCUT2D eigenvalue weighted by atomic mass is 10.4. The van der Waals surface area contributed by atoms with Crippen molar-refractivity contribution in [3.8, 4) is 0 Å². The Hall–Kier alpha value is -2.00. The molecular formula is C11H10F3N3O2S. The van der Waals surface area contributed by atoms with Crippen LogP contribution in [0.15, 0.2) is 52.8 Å². The van der Waals surface area contributed by atoms with Gasteiger partial charge in [-0.25, -0.2) is 0 Å². The molecule has 0 aliphatic carbocycles. The maximum Gasteiger partial charge on any atom is 0.470 e. The fourth-order valence-corrected chi connectivity index (χ4v) is 1.97. The maximum atomic E-state index is 11.7. The van der Waals surface area contributed by atoms with Gasteiger partial charge < -0.3 is 15.3 Å². The normalized spacial score (nSPS) is 12.2. The molecule has 3 N–H and O–H groups in total. The first-order chi connectivity index (χ1) is 9.32. The zero-order valence-electron chi connectivity index (χ0n) is 9.92. The Labute approximate surface area is 115 Å². The van der Waals surface area contributed by atoms with Gasteiger partial charge in [-0.1, -0.05) is 18.2 Å². The van der Waals surface area contributed by atoms with E-state index in [0.717, 1.165) is 4.90 Å². The molecule has 1 atom stereocenters. The van der Waals surface area contributed by atoms with Crippen LogP contribution in [-0.2, 0) is 16.0 Å². The number of nitrogens with two attached hydrogens (primary N) is 1. The number of aromatic amines is 1. The van der Waals surface area contributed by atoms with Crippen molar-refractivity contribution in [2.75, 3.05) is 0 Å². The van der Waals surface area contributed by atoms with E-state index in [0.29, 0.717) is 5.16 Å². The third-order valence-corrected chi connectivity index (χ3v) is 3.16. The minimum absolute atomic E-state index is 0.492. The summed E-state index contributed by atoms with van der Waals surface area (Å²) >= 11 is -1.18. The summed E-state index contributed by atoms with van der Waals surface area (Å²) in [5, 5.41) is 0.492. The van der Waals surface area contributed by atoms with Crippen LogP contribution in [0.3, 0.4) is 0 Å². The van der Waals surface area contributed by atoms with E-state index >= 15 is 0 Å². The highest BCUT2D eigenvalue weighted by Crippen LogP contribution is 2.15. The number of hydrogen-bond donors (Lipinski definition) is 2. The number of carbonyl (C=O) groups is 1. The number of alkyl halides is 3. The first-order valence-electron chi connectivity index (χ1n) is 5.15. The highest BCUT2D eigenvalue weighted by Gasteiger charge is 2.35. The van der Waals surface area contributed by atoms with Gasteiger partial charge >= 0.3 is 17.2 Å². The number of amides is 1. The predicted octanol–water partition coefficient (Wildman–Crippen LogP) is 1.61. The second-order valence-electron chi connectivity index (χ2n) is 3.34. The van der Waals surface area contributed by atoms with Crippen LogP contribution in [0.1, 0.15) is 0 Å². The smallest absolute Gasteiger partial charge is 0.470 e. The number of hydrogen-bond acceptors (Lipinski definition) is 3. The number of aromatic nitrogens is 2. The maximum absolute atomic E-state index is 11.7. The topological polar surface area (TPSA) is 94.8 Å². The fourth-order valence-electron chi connectivity index (χ4n) is 1.01. The molecule has 0 saturated carbocycles. The number of nitrogens with one attached hydrogen (secondary N) is 1. The van der Waals surface area contributed by atoms with Crippen molar-refractivity contribution in [1.82, 2.24) is 9.97 Å². The van der Waals surface area contributed by atoms with Crippen LogP contribution in [0, 0.1) is 0 Å². The molecule has 0 aliphatic heterocycles. The van der Waals surface area contributed by atoms with Gasteiger partial charge in [0.1, 0.15) is 0 Å². The largest absolute Gasteiger partial charge is 0.604 e. The van der Waals surface area contributed by atoms with Crippen molar-refractivity contribution in [3.05, 3.63) is 42.7 Å². The Bertz CT molecular complexity index is 532. The van der Waals surface area contributed by atoms with E-state index in [-0.39, 0.29) is 0 Å². The van der Waals surface area contributed by atoms with Gasteiger partial charge in [-0.2, -0.15) is 18.2 Å². The third kappa shape index (κ3) is 4.94. The third-order valence-electron chi connectivity index (χ3n) is 1.89. The second-order valence-corrected chi connectivity index (χ2v) is 4.73. The van der Waals surface area contributed by atoms with Crippen LogP contribution in [-0.4, -0.2) is 26.6 Å². The van der Waals surface area contributed by atoms with Gasteiger partial charge in [0.05, 0.1) is 11.2 Å². The Kier molecular flexibility index (Phi) is 5.59. The molecule has 1 unspecified atom stereocenters. The van der Waals surface area contributed by atoms with E-state index in [1.807, 2.05) is 30.3 Å². The van der Waals surface area contributed by atoms with Crippen molar-refractivity contribution >= 4 is 17.1 Å². The minimum Gasteiger partial charge on any atom is -0.604 e. The van der Waals surface area contributed by atoms with Crippen LogP contribution in [0.2, 0.25) is 0 Å². The van der Waals surface area contributed by atoms with Crippen molar-refractivity contribution in [2.45, 2.75) is 16.2 Å².